The summed E-state index contributed by atoms with van der Waals surface area (Å²) < 4.78 is 71.7. The number of fused-ring (bicyclic) bond motifs is 1. The Kier molecular flexibility index (Phi) is 6.26. The minimum absolute atomic E-state index is 0.132. The van der Waals surface area contributed by atoms with E-state index in [1.807, 2.05) is 35.1 Å². The van der Waals surface area contributed by atoms with E-state index in [1.54, 1.807) is 51.2 Å². The van der Waals surface area contributed by atoms with Crippen LogP contribution in [0, 0.1) is 20.8 Å². The van der Waals surface area contributed by atoms with Crippen molar-refractivity contribution >= 4 is 21.1 Å². The molecule has 5 nitrogen and oxygen atoms in total. The number of nitrogens with one attached hydrogen (secondary N) is 1. The fourth-order valence-electron chi connectivity index (χ4n) is 4.35. The van der Waals surface area contributed by atoms with E-state index in [4.69, 9.17) is 0 Å². The first-order valence-electron chi connectivity index (χ1n) is 10.6. The van der Waals surface area contributed by atoms with Gasteiger partial charge in [0, 0.05) is 29.9 Å². The van der Waals surface area contributed by atoms with Crippen LogP contribution in [0.3, 0.4) is 0 Å². The van der Waals surface area contributed by atoms with E-state index in [1.165, 1.54) is 10.8 Å². The molecule has 0 saturated carbocycles. The SMILES string of the molecule is Cc1cc(C)c(S(=O)(=O)NC(Cn2cc(-c3ccccc3)c3cccnc32)C(F)(F)F)c(C)c1. The van der Waals surface area contributed by atoms with Crippen LogP contribution in [0.15, 0.2) is 71.9 Å². The summed E-state index contributed by atoms with van der Waals surface area (Å²) >= 11 is 0. The molecule has 0 amide bonds. The Morgan fingerprint density at radius 3 is 2.26 bits per heavy atom. The van der Waals surface area contributed by atoms with E-state index < -0.39 is 28.8 Å². The summed E-state index contributed by atoms with van der Waals surface area (Å²) in [5.74, 6) is 0. The van der Waals surface area contributed by atoms with Gasteiger partial charge in [0.15, 0.2) is 0 Å². The van der Waals surface area contributed by atoms with Gasteiger partial charge in [0.05, 0.1) is 4.90 Å². The van der Waals surface area contributed by atoms with Crippen LogP contribution in [-0.4, -0.2) is 30.2 Å². The second-order valence-electron chi connectivity index (χ2n) is 8.38. The lowest BCUT2D eigenvalue weighted by Crippen LogP contribution is -2.48. The molecule has 0 spiro atoms. The second kappa shape index (κ2) is 8.88. The fourth-order valence-corrected chi connectivity index (χ4v) is 6.02. The summed E-state index contributed by atoms with van der Waals surface area (Å²) in [5, 5.41) is 0.683. The van der Waals surface area contributed by atoms with Crippen molar-refractivity contribution in [3.8, 4) is 11.1 Å². The minimum Gasteiger partial charge on any atom is -0.330 e. The zero-order valence-corrected chi connectivity index (χ0v) is 19.7. The van der Waals surface area contributed by atoms with Gasteiger partial charge in [-0.05, 0) is 49.6 Å². The molecule has 0 aliphatic rings. The third kappa shape index (κ3) is 4.71. The zero-order valence-electron chi connectivity index (χ0n) is 18.9. The Hall–Kier alpha value is -3.17. The Balaban J connectivity index is 1.75. The fraction of sp³-hybridized carbons (Fsp3) is 0.240. The number of hydrogen-bond donors (Lipinski definition) is 1. The van der Waals surface area contributed by atoms with Gasteiger partial charge in [0.1, 0.15) is 11.7 Å². The van der Waals surface area contributed by atoms with Crippen LogP contribution in [0.5, 0.6) is 0 Å². The molecule has 1 N–H and O–H groups in total. The Morgan fingerprint density at radius 2 is 1.65 bits per heavy atom. The summed E-state index contributed by atoms with van der Waals surface area (Å²) in [6.45, 7) is 4.29. The predicted octanol–water partition coefficient (Wildman–Crippen LogP) is 5.54. The van der Waals surface area contributed by atoms with Crippen LogP contribution < -0.4 is 4.72 Å². The number of pyridine rings is 1. The van der Waals surface area contributed by atoms with Crippen molar-refractivity contribution in [3.05, 3.63) is 83.7 Å². The molecule has 0 aliphatic heterocycles. The molecule has 9 heteroatoms. The molecule has 1 atom stereocenters. The van der Waals surface area contributed by atoms with E-state index in [-0.39, 0.29) is 4.90 Å². The van der Waals surface area contributed by atoms with Gasteiger partial charge in [-0.25, -0.2) is 13.4 Å². The minimum atomic E-state index is -4.82. The molecular weight excluding hydrogens is 463 g/mol. The molecule has 0 bridgehead atoms. The van der Waals surface area contributed by atoms with Crippen LogP contribution in [-0.2, 0) is 16.6 Å². The highest BCUT2D eigenvalue weighted by molar-refractivity contribution is 7.89. The van der Waals surface area contributed by atoms with Gasteiger partial charge >= 0.3 is 6.18 Å². The van der Waals surface area contributed by atoms with Crippen LogP contribution in [0.25, 0.3) is 22.2 Å². The smallest absolute Gasteiger partial charge is 0.330 e. The number of aromatic nitrogens is 2. The van der Waals surface area contributed by atoms with Crippen LogP contribution in [0.4, 0.5) is 13.2 Å². The molecular formula is C25H24F3N3O2S. The van der Waals surface area contributed by atoms with E-state index >= 15 is 0 Å². The quantitative estimate of drug-likeness (QED) is 0.389. The topological polar surface area (TPSA) is 64.0 Å². The van der Waals surface area contributed by atoms with Crippen molar-refractivity contribution in [1.82, 2.24) is 14.3 Å². The van der Waals surface area contributed by atoms with Gasteiger partial charge in [-0.3, -0.25) is 0 Å². The summed E-state index contributed by atoms with van der Waals surface area (Å²) in [6, 6.07) is 13.7. The Labute approximate surface area is 196 Å². The van der Waals surface area contributed by atoms with Gasteiger partial charge < -0.3 is 4.57 Å². The van der Waals surface area contributed by atoms with Crippen LogP contribution in [0.1, 0.15) is 16.7 Å². The molecule has 2 aromatic carbocycles. The Bertz CT molecular complexity index is 1420. The number of halogens is 3. The first-order valence-corrected chi connectivity index (χ1v) is 12.1. The van der Waals surface area contributed by atoms with E-state index in [0.29, 0.717) is 22.2 Å². The average molecular weight is 488 g/mol. The normalized spacial score (nSPS) is 13.4. The number of sulfonamides is 1. The third-order valence-electron chi connectivity index (χ3n) is 5.66. The maximum atomic E-state index is 14.1. The van der Waals surface area contributed by atoms with Crippen molar-refractivity contribution in [2.45, 2.75) is 44.4 Å². The zero-order chi connectivity index (χ0) is 24.7. The molecule has 178 valence electrons. The highest BCUT2D eigenvalue weighted by atomic mass is 32.2. The molecule has 2 aromatic heterocycles. The molecule has 34 heavy (non-hydrogen) atoms. The van der Waals surface area contributed by atoms with Gasteiger partial charge in [-0.1, -0.05) is 48.0 Å². The number of nitrogens with zero attached hydrogens (tertiary/aromatic N) is 2. The van der Waals surface area contributed by atoms with Gasteiger partial charge in [-0.15, -0.1) is 0 Å². The van der Waals surface area contributed by atoms with Crippen molar-refractivity contribution in [3.63, 3.8) is 0 Å². The third-order valence-corrected chi connectivity index (χ3v) is 7.44. The summed E-state index contributed by atoms with van der Waals surface area (Å²) in [4.78, 5) is 4.14. The molecule has 0 radical (unpaired) electrons. The highest BCUT2D eigenvalue weighted by Crippen LogP contribution is 2.32. The van der Waals surface area contributed by atoms with Gasteiger partial charge in [-0.2, -0.15) is 17.9 Å². The number of aryl methyl sites for hydroxylation is 3. The molecule has 4 rings (SSSR count). The van der Waals surface area contributed by atoms with Crippen molar-refractivity contribution in [2.24, 2.45) is 0 Å². The van der Waals surface area contributed by atoms with E-state index in [9.17, 15) is 21.6 Å². The molecule has 0 saturated heterocycles. The summed E-state index contributed by atoms with van der Waals surface area (Å²) in [5.41, 5.74) is 3.51. The maximum absolute atomic E-state index is 14.1. The number of alkyl halides is 3. The highest BCUT2D eigenvalue weighted by Gasteiger charge is 2.43. The Morgan fingerprint density at radius 1 is 1.00 bits per heavy atom. The maximum Gasteiger partial charge on any atom is 0.406 e. The van der Waals surface area contributed by atoms with Crippen LogP contribution >= 0.6 is 0 Å². The van der Waals surface area contributed by atoms with E-state index in [2.05, 4.69) is 4.98 Å². The first kappa shape index (κ1) is 24.0. The number of benzene rings is 2. The van der Waals surface area contributed by atoms with Crippen molar-refractivity contribution in [1.29, 1.82) is 0 Å². The van der Waals surface area contributed by atoms with Gasteiger partial charge in [0.2, 0.25) is 10.0 Å². The lowest BCUT2D eigenvalue weighted by atomic mass is 10.1. The van der Waals surface area contributed by atoms with Crippen molar-refractivity contribution in [2.75, 3.05) is 0 Å². The van der Waals surface area contributed by atoms with E-state index in [0.717, 1.165) is 16.7 Å². The monoisotopic (exact) mass is 487 g/mol. The first-order chi connectivity index (χ1) is 16.0. The van der Waals surface area contributed by atoms with Crippen LogP contribution in [0.2, 0.25) is 0 Å². The predicted molar refractivity (Wildman–Crippen MR) is 126 cm³/mol. The molecule has 4 aromatic rings. The largest absolute Gasteiger partial charge is 0.406 e. The average Bonchev–Trinajstić information content (AvgIpc) is 3.11. The second-order valence-corrected chi connectivity index (χ2v) is 10.0. The standard InChI is InChI=1S/C25H24F3N3O2S/c1-16-12-17(2)23(18(3)13-16)34(32,33)30-22(25(26,27)28)15-31-14-21(19-8-5-4-6-9-19)20-10-7-11-29-24(20)31/h4-14,22,30H,15H2,1-3H3. The number of hydrogen-bond acceptors (Lipinski definition) is 3. The molecule has 2 heterocycles. The lowest BCUT2D eigenvalue weighted by molar-refractivity contribution is -0.154. The number of rotatable bonds is 6. The van der Waals surface area contributed by atoms with Crippen molar-refractivity contribution < 1.29 is 21.6 Å². The molecule has 1 unspecified atom stereocenters. The summed E-state index contributed by atoms with van der Waals surface area (Å²) in [6.07, 6.45) is -1.74. The molecule has 0 fully saturated rings. The summed E-state index contributed by atoms with van der Waals surface area (Å²) in [7, 11) is -4.44. The lowest BCUT2D eigenvalue weighted by Gasteiger charge is -2.23. The van der Waals surface area contributed by atoms with Gasteiger partial charge in [0.25, 0.3) is 0 Å². The molecule has 0 aliphatic carbocycles.